The molecule has 0 unspecified atom stereocenters. The van der Waals surface area contributed by atoms with Gasteiger partial charge in [0.2, 0.25) is 0 Å². The van der Waals surface area contributed by atoms with Gasteiger partial charge in [0, 0.05) is 38.5 Å². The maximum Gasteiger partial charge on any atom is 0.160 e. The molecule has 0 aliphatic heterocycles. The number of nitrogens with zero attached hydrogens (tertiary/aromatic N) is 1. The number of anilines is 3. The molecule has 2 heterocycles. The first kappa shape index (κ1) is 27.5. The third-order valence-corrected chi connectivity index (χ3v) is 9.66. The number of hydrogen-bond acceptors (Lipinski definition) is 3. The summed E-state index contributed by atoms with van der Waals surface area (Å²) < 4.78 is 13.0. The molecule has 3 nitrogen and oxygen atoms in total. The van der Waals surface area contributed by atoms with Gasteiger partial charge in [-0.2, -0.15) is 0 Å². The van der Waals surface area contributed by atoms with Crippen LogP contribution in [0.5, 0.6) is 0 Å². The van der Waals surface area contributed by atoms with Crippen LogP contribution in [-0.4, -0.2) is 0 Å². The van der Waals surface area contributed by atoms with Gasteiger partial charge in [0.05, 0.1) is 5.69 Å². The van der Waals surface area contributed by atoms with E-state index in [0.717, 1.165) is 83.2 Å². The smallest absolute Gasteiger partial charge is 0.160 e. The molecule has 49 heavy (non-hydrogen) atoms. The van der Waals surface area contributed by atoms with Gasteiger partial charge in [0.25, 0.3) is 0 Å². The van der Waals surface area contributed by atoms with Gasteiger partial charge in [-0.1, -0.05) is 121 Å². The lowest BCUT2D eigenvalue weighted by atomic mass is 9.98. The second-order valence-electron chi connectivity index (χ2n) is 12.5. The maximum absolute atomic E-state index is 6.76. The van der Waals surface area contributed by atoms with Crippen LogP contribution in [-0.2, 0) is 0 Å². The number of furan rings is 2. The quantitative estimate of drug-likeness (QED) is 0.190. The average molecular weight is 628 g/mol. The molecule has 0 saturated heterocycles. The van der Waals surface area contributed by atoms with E-state index in [9.17, 15) is 0 Å². The Kier molecular flexibility index (Phi) is 6.18. The van der Waals surface area contributed by atoms with Gasteiger partial charge in [-0.15, -0.1) is 0 Å². The van der Waals surface area contributed by atoms with E-state index >= 15 is 0 Å². The first-order valence-electron chi connectivity index (χ1n) is 16.6. The number of fused-ring (bicyclic) bond motifs is 7. The molecule has 10 rings (SSSR count). The fraction of sp³-hybridized carbons (Fsp3) is 0. The molecule has 0 aliphatic carbocycles. The van der Waals surface area contributed by atoms with Crippen molar-refractivity contribution in [2.45, 2.75) is 0 Å². The molecule has 0 bridgehead atoms. The van der Waals surface area contributed by atoms with Crippen molar-refractivity contribution in [3.05, 3.63) is 176 Å². The van der Waals surface area contributed by atoms with Gasteiger partial charge < -0.3 is 13.7 Å². The number of para-hydroxylation sites is 2. The highest BCUT2D eigenvalue weighted by Crippen LogP contribution is 2.48. The van der Waals surface area contributed by atoms with Crippen molar-refractivity contribution < 1.29 is 8.83 Å². The van der Waals surface area contributed by atoms with E-state index in [0.29, 0.717) is 0 Å². The molecular formula is C46H29NO2. The third kappa shape index (κ3) is 4.51. The molecule has 0 radical (unpaired) electrons. The second kappa shape index (κ2) is 11.0. The predicted molar refractivity (Wildman–Crippen MR) is 204 cm³/mol. The maximum atomic E-state index is 6.76. The number of benzene rings is 8. The average Bonchev–Trinajstić information content (AvgIpc) is 3.74. The summed E-state index contributed by atoms with van der Waals surface area (Å²) in [5.74, 6) is 0. The van der Waals surface area contributed by atoms with Gasteiger partial charge in [-0.05, 0) is 82.1 Å². The van der Waals surface area contributed by atoms with Crippen molar-refractivity contribution in [1.29, 1.82) is 0 Å². The Hall–Kier alpha value is -6.58. The van der Waals surface area contributed by atoms with Crippen molar-refractivity contribution in [2.24, 2.45) is 0 Å². The molecule has 2 aromatic heterocycles. The topological polar surface area (TPSA) is 29.5 Å². The minimum Gasteiger partial charge on any atom is -0.456 e. The highest BCUT2D eigenvalue weighted by atomic mass is 16.3. The normalized spacial score (nSPS) is 11.7. The van der Waals surface area contributed by atoms with Crippen LogP contribution >= 0.6 is 0 Å². The Morgan fingerprint density at radius 2 is 0.959 bits per heavy atom. The molecule has 8 aromatic carbocycles. The number of rotatable bonds is 5. The summed E-state index contributed by atoms with van der Waals surface area (Å²) in [6, 6.07) is 62.1. The van der Waals surface area contributed by atoms with Crippen LogP contribution in [0.2, 0.25) is 0 Å². The second-order valence-corrected chi connectivity index (χ2v) is 12.5. The molecule has 0 amide bonds. The highest BCUT2D eigenvalue weighted by Gasteiger charge is 2.24. The van der Waals surface area contributed by atoms with E-state index in [-0.39, 0.29) is 0 Å². The Labute approximate surface area is 282 Å². The van der Waals surface area contributed by atoms with Crippen LogP contribution in [0.1, 0.15) is 0 Å². The van der Waals surface area contributed by atoms with E-state index in [4.69, 9.17) is 8.83 Å². The summed E-state index contributed by atoms with van der Waals surface area (Å²) in [5, 5.41) is 6.84. The largest absolute Gasteiger partial charge is 0.456 e. The van der Waals surface area contributed by atoms with E-state index < -0.39 is 0 Å². The summed E-state index contributed by atoms with van der Waals surface area (Å²) in [7, 11) is 0. The zero-order chi connectivity index (χ0) is 32.3. The van der Waals surface area contributed by atoms with Crippen molar-refractivity contribution in [2.75, 3.05) is 4.90 Å². The molecular weight excluding hydrogens is 599 g/mol. The van der Waals surface area contributed by atoms with Gasteiger partial charge in [-0.25, -0.2) is 0 Å². The molecule has 230 valence electrons. The summed E-state index contributed by atoms with van der Waals surface area (Å²) in [5.41, 5.74) is 11.1. The van der Waals surface area contributed by atoms with Gasteiger partial charge >= 0.3 is 0 Å². The molecule has 10 aromatic rings. The summed E-state index contributed by atoms with van der Waals surface area (Å²) >= 11 is 0. The molecule has 0 atom stereocenters. The van der Waals surface area contributed by atoms with Crippen LogP contribution < -0.4 is 4.90 Å². The summed E-state index contributed by atoms with van der Waals surface area (Å²) in [6.07, 6.45) is 0. The highest BCUT2D eigenvalue weighted by molar-refractivity contribution is 6.14. The van der Waals surface area contributed by atoms with Crippen molar-refractivity contribution >= 4 is 71.7 Å². The zero-order valence-electron chi connectivity index (χ0n) is 26.5. The van der Waals surface area contributed by atoms with E-state index in [1.54, 1.807) is 0 Å². The third-order valence-electron chi connectivity index (χ3n) is 9.66. The Morgan fingerprint density at radius 3 is 1.78 bits per heavy atom. The van der Waals surface area contributed by atoms with Crippen molar-refractivity contribution in [3.8, 4) is 22.3 Å². The van der Waals surface area contributed by atoms with Crippen LogP contribution in [0.25, 0.3) is 76.9 Å². The van der Waals surface area contributed by atoms with E-state index in [2.05, 4.69) is 163 Å². The van der Waals surface area contributed by atoms with Crippen LogP contribution in [0.4, 0.5) is 17.1 Å². The molecule has 0 fully saturated rings. The van der Waals surface area contributed by atoms with Gasteiger partial charge in [0.15, 0.2) is 5.58 Å². The lowest BCUT2D eigenvalue weighted by molar-refractivity contribution is 0.668. The first-order valence-corrected chi connectivity index (χ1v) is 16.6. The van der Waals surface area contributed by atoms with Crippen molar-refractivity contribution in [3.63, 3.8) is 0 Å². The van der Waals surface area contributed by atoms with E-state index in [1.165, 1.54) is 10.8 Å². The van der Waals surface area contributed by atoms with Crippen molar-refractivity contribution in [1.82, 2.24) is 0 Å². The van der Waals surface area contributed by atoms with Crippen LogP contribution in [0.3, 0.4) is 0 Å². The minimum atomic E-state index is 0.857. The minimum absolute atomic E-state index is 0.857. The summed E-state index contributed by atoms with van der Waals surface area (Å²) in [4.78, 5) is 2.35. The Balaban J connectivity index is 1.20. The molecule has 0 saturated carbocycles. The Morgan fingerprint density at radius 1 is 0.347 bits per heavy atom. The monoisotopic (exact) mass is 627 g/mol. The van der Waals surface area contributed by atoms with E-state index in [1.807, 2.05) is 18.2 Å². The fourth-order valence-corrected chi connectivity index (χ4v) is 7.28. The van der Waals surface area contributed by atoms with Gasteiger partial charge in [0.1, 0.15) is 16.7 Å². The van der Waals surface area contributed by atoms with Crippen LogP contribution in [0, 0.1) is 0 Å². The molecule has 0 N–H and O–H groups in total. The fourth-order valence-electron chi connectivity index (χ4n) is 7.28. The summed E-state index contributed by atoms with van der Waals surface area (Å²) in [6.45, 7) is 0. The predicted octanol–water partition coefficient (Wildman–Crippen LogP) is 13.4. The first-order chi connectivity index (χ1) is 24.3. The Bertz CT molecular complexity index is 2830. The lowest BCUT2D eigenvalue weighted by Crippen LogP contribution is -2.11. The molecule has 0 aliphatic rings. The molecule has 0 spiro atoms. The van der Waals surface area contributed by atoms with Gasteiger partial charge in [-0.3, -0.25) is 0 Å². The standard InChI is InChI=1S/C46H29NO2/c1-2-11-32(12-3-1)37-26-27-41-39-15-7-9-17-43(39)49-46(41)45(37)47(36-24-20-30-10-4-5-13-33(30)28-36)35-22-18-31(19-23-35)34-21-25-40-38-14-6-8-16-42(38)48-44(40)29-34/h1-29H. The zero-order valence-corrected chi connectivity index (χ0v) is 26.5. The lowest BCUT2D eigenvalue weighted by Gasteiger charge is -2.28. The van der Waals surface area contributed by atoms with Crippen LogP contribution in [0.15, 0.2) is 185 Å². The number of hydrogen-bond donors (Lipinski definition) is 0. The SMILES string of the molecule is c1ccc(-c2ccc3c(oc4ccccc43)c2N(c2ccc(-c3ccc4c(c3)oc3ccccc34)cc2)c2ccc3ccccc3c2)cc1. The molecule has 3 heteroatoms.